The average molecular weight is 1030 g/mol. The highest BCUT2D eigenvalue weighted by atomic mass is 16.4. The number of hydrogen-bond donors (Lipinski definition) is 11. The number of hydrogen-bond acceptors (Lipinski definition) is 11. The van der Waals surface area contributed by atoms with E-state index in [1.807, 2.05) is 39.0 Å². The zero-order valence-corrected chi connectivity index (χ0v) is 42.7. The Morgan fingerprint density at radius 2 is 1.58 bits per heavy atom. The monoisotopic (exact) mass is 1030 g/mol. The molecule has 24 nitrogen and oxygen atoms in total. The Hall–Kier alpha value is -7.53. The number of imidazole rings is 1. The Labute approximate surface area is 428 Å². The third kappa shape index (κ3) is 12.1. The van der Waals surface area contributed by atoms with E-state index in [2.05, 4.69) is 52.2 Å². The number of benzene rings is 1. The van der Waals surface area contributed by atoms with Crippen LogP contribution in [0.5, 0.6) is 0 Å². The highest BCUT2D eigenvalue weighted by molar-refractivity contribution is 6.00. The zero-order chi connectivity index (χ0) is 53.7. The molecule has 2 saturated heterocycles. The van der Waals surface area contributed by atoms with Gasteiger partial charge in [-0.1, -0.05) is 60.1 Å². The van der Waals surface area contributed by atoms with Gasteiger partial charge >= 0.3 is 5.97 Å². The number of aromatic nitrogens is 3. The second-order valence-electron chi connectivity index (χ2n) is 20.6. The quantitative estimate of drug-likeness (QED) is 0.0487. The normalized spacial score (nSPS) is 26.7. The second kappa shape index (κ2) is 23.1. The molecule has 0 spiro atoms. The van der Waals surface area contributed by atoms with Gasteiger partial charge in [-0.15, -0.1) is 0 Å². The number of rotatable bonds is 11. The molecule has 2 fully saturated rings. The molecule has 8 rings (SSSR count). The van der Waals surface area contributed by atoms with Gasteiger partial charge in [-0.25, -0.2) is 9.78 Å². The summed E-state index contributed by atoms with van der Waals surface area (Å²) in [6.45, 7) is 11.1. The molecule has 2 aromatic heterocycles. The summed E-state index contributed by atoms with van der Waals surface area (Å²) in [5, 5.41) is 30.6. The number of H-pyrrole nitrogens is 1. The molecule has 3 aromatic rings. The van der Waals surface area contributed by atoms with Gasteiger partial charge in [0, 0.05) is 60.9 Å². The number of nitrogens with one attached hydrogen (secondary N) is 8. The second-order valence-corrected chi connectivity index (χ2v) is 20.6. The number of nitrogens with two attached hydrogens (primary N) is 2. The molecule has 0 saturated carbocycles. The van der Waals surface area contributed by atoms with E-state index in [1.165, 1.54) is 11.2 Å². The van der Waals surface area contributed by atoms with Gasteiger partial charge < -0.3 is 63.7 Å². The summed E-state index contributed by atoms with van der Waals surface area (Å²) in [5.41, 5.74) is 12.9. The largest absolute Gasteiger partial charge is 0.480 e. The van der Waals surface area contributed by atoms with E-state index in [0.29, 0.717) is 40.7 Å². The van der Waals surface area contributed by atoms with Crippen molar-refractivity contribution in [1.29, 1.82) is 0 Å². The van der Waals surface area contributed by atoms with Crippen molar-refractivity contribution in [3.05, 3.63) is 47.5 Å². The molecule has 5 aliphatic rings. The number of fused-ring (bicyclic) bond motifs is 14. The van der Waals surface area contributed by atoms with E-state index >= 15 is 4.79 Å². The fourth-order valence-corrected chi connectivity index (χ4v) is 10.4. The number of guanidine groups is 1. The lowest BCUT2D eigenvalue weighted by molar-refractivity contribution is -0.143. The van der Waals surface area contributed by atoms with Crippen LogP contribution in [0, 0.1) is 17.8 Å². The summed E-state index contributed by atoms with van der Waals surface area (Å²) in [4.78, 5) is 140. The molecule has 10 unspecified atom stereocenters. The number of aromatic amines is 1. The molecule has 10 atom stereocenters. The van der Waals surface area contributed by atoms with Gasteiger partial charge in [-0.05, 0) is 61.5 Å². The van der Waals surface area contributed by atoms with Crippen molar-refractivity contribution in [1.82, 2.24) is 56.7 Å². The van der Waals surface area contributed by atoms with E-state index in [-0.39, 0.29) is 81.5 Å². The van der Waals surface area contributed by atoms with Gasteiger partial charge in [-0.2, -0.15) is 0 Å². The van der Waals surface area contributed by atoms with Crippen molar-refractivity contribution < 1.29 is 48.3 Å². The van der Waals surface area contributed by atoms with Crippen LogP contribution >= 0.6 is 0 Å². The lowest BCUT2D eigenvalue weighted by Gasteiger charge is -2.34. The summed E-state index contributed by atoms with van der Waals surface area (Å²) in [7, 11) is 0. The summed E-state index contributed by atoms with van der Waals surface area (Å²) >= 11 is 0. The Morgan fingerprint density at radius 1 is 0.851 bits per heavy atom. The standard InChI is InChI=1S/C50H70N14O10/c1-7-25(6)39-46(70)60-38(24(4)5)45(69)58-33-20-29-28-13-12-26(37(23(2)3)40(47(71)61-39)62-43(67)31-14-15-36(65)55-31)18-32(28)56-41(29)63-21-27(54-22-63)19-34(49(73)74)59-42(66)30(10-8-16-53-50(51)52)57-44(68)35-11-9-17-64(35)48(33)72/h12-13,18,21-25,30-31,33-35,37-40,56H,7-11,14-17,19-20H2,1-6H3,(H,55,65)(H,57,68)(H,58,69)(H,59,66)(H,60,70)(H,61,71)(H,62,67)(H,73,74)(H4,51,52,53). The molecule has 13 N–H and O–H groups in total. The van der Waals surface area contributed by atoms with Gasteiger partial charge in [0.1, 0.15) is 60.5 Å². The molecule has 8 amide bonds. The molecule has 400 valence electrons. The maximum Gasteiger partial charge on any atom is 0.326 e. The van der Waals surface area contributed by atoms with Crippen LogP contribution < -0.4 is 48.7 Å². The summed E-state index contributed by atoms with van der Waals surface area (Å²) in [6, 6.07) is -4.37. The lowest BCUT2D eigenvalue weighted by atomic mass is 9.81. The van der Waals surface area contributed by atoms with Crippen LogP contribution in [0.1, 0.15) is 109 Å². The average Bonchev–Trinajstić information content (AvgIpc) is 4.18. The summed E-state index contributed by atoms with van der Waals surface area (Å²) in [5.74, 6) is -8.22. The predicted octanol–water partition coefficient (Wildman–Crippen LogP) is -0.776. The fraction of sp³-hybridized carbons (Fsp3) is 0.580. The van der Waals surface area contributed by atoms with Crippen molar-refractivity contribution in [2.45, 2.75) is 154 Å². The van der Waals surface area contributed by atoms with E-state index < -0.39 is 113 Å². The number of carboxylic acid groups (broad SMARTS) is 1. The summed E-state index contributed by atoms with van der Waals surface area (Å²) in [6.07, 6.45) is 4.22. The van der Waals surface area contributed by atoms with Gasteiger partial charge in [0.05, 0.1) is 5.69 Å². The SMILES string of the molecule is CCC(C)C1NC(=O)C(NC(=O)C2CCC(=O)N2)C(C(C)C)c2ccc3c4c([nH]c3c2)-n2cnc(c2)CC(C(=O)O)NC(=O)C(CCCN=C(N)N)NC(=O)C2CCCN2C(=O)C(C4)NC(=O)C(C(C)C)NC1=O. The number of amides is 8. The van der Waals surface area contributed by atoms with Gasteiger partial charge in [-0.3, -0.25) is 47.9 Å². The van der Waals surface area contributed by atoms with Crippen LogP contribution in [0.25, 0.3) is 16.7 Å². The lowest BCUT2D eigenvalue weighted by Crippen LogP contribution is -2.62. The molecule has 1 aromatic carbocycles. The predicted molar refractivity (Wildman–Crippen MR) is 270 cm³/mol. The van der Waals surface area contributed by atoms with Crippen molar-refractivity contribution >= 4 is 70.1 Å². The molecule has 74 heavy (non-hydrogen) atoms. The Morgan fingerprint density at radius 3 is 2.24 bits per heavy atom. The number of aliphatic carboxylic acids is 1. The van der Waals surface area contributed by atoms with E-state index in [9.17, 15) is 43.5 Å². The number of carbonyl (C=O) groups excluding carboxylic acids is 8. The smallest absolute Gasteiger partial charge is 0.326 e. The van der Waals surface area contributed by atoms with Crippen molar-refractivity contribution in [2.75, 3.05) is 13.1 Å². The minimum absolute atomic E-state index is 0.00923. The highest BCUT2D eigenvalue weighted by Gasteiger charge is 2.43. The molecule has 7 bridgehead atoms. The molecular formula is C50H70N14O10. The maximum atomic E-state index is 15.3. The first-order valence-electron chi connectivity index (χ1n) is 25.5. The summed E-state index contributed by atoms with van der Waals surface area (Å²) < 4.78 is 1.61. The third-order valence-electron chi connectivity index (χ3n) is 14.7. The van der Waals surface area contributed by atoms with Gasteiger partial charge in [0.25, 0.3) is 0 Å². The molecule has 24 heteroatoms. The fourth-order valence-electron chi connectivity index (χ4n) is 10.4. The number of carboxylic acids is 1. The molecule has 0 aliphatic carbocycles. The van der Waals surface area contributed by atoms with Crippen LogP contribution in [-0.2, 0) is 56.0 Å². The van der Waals surface area contributed by atoms with E-state index in [0.717, 1.165) is 0 Å². The van der Waals surface area contributed by atoms with Crippen molar-refractivity contribution in [3.8, 4) is 5.82 Å². The topological polar surface area (TPSA) is 359 Å². The van der Waals surface area contributed by atoms with Crippen molar-refractivity contribution in [3.63, 3.8) is 0 Å². The van der Waals surface area contributed by atoms with Gasteiger partial charge in [0.15, 0.2) is 5.96 Å². The zero-order valence-electron chi connectivity index (χ0n) is 42.7. The number of carbonyl (C=O) groups is 9. The number of aliphatic imine (C=N–C) groups is 1. The number of nitrogens with zero attached hydrogens (tertiary/aromatic N) is 4. The first-order valence-corrected chi connectivity index (χ1v) is 25.5. The Balaban J connectivity index is 1.42. The minimum Gasteiger partial charge on any atom is -0.480 e. The molecule has 7 heterocycles. The van der Waals surface area contributed by atoms with Crippen LogP contribution in [0.3, 0.4) is 0 Å². The van der Waals surface area contributed by atoms with E-state index in [4.69, 9.17) is 11.5 Å². The Kier molecular flexibility index (Phi) is 17.0. The van der Waals surface area contributed by atoms with Crippen LogP contribution in [-0.4, -0.2) is 145 Å². The third-order valence-corrected chi connectivity index (χ3v) is 14.7. The minimum atomic E-state index is -1.49. The maximum absolute atomic E-state index is 15.3. The molecule has 0 radical (unpaired) electrons. The van der Waals surface area contributed by atoms with Crippen LogP contribution in [0.15, 0.2) is 35.7 Å². The van der Waals surface area contributed by atoms with Crippen molar-refractivity contribution in [2.24, 2.45) is 34.2 Å². The van der Waals surface area contributed by atoms with Gasteiger partial charge in [0.2, 0.25) is 47.3 Å². The molecular weight excluding hydrogens is 957 g/mol. The first kappa shape index (κ1) is 54.2. The molecule has 5 aliphatic heterocycles. The van der Waals surface area contributed by atoms with E-state index in [1.54, 1.807) is 31.5 Å². The van der Waals surface area contributed by atoms with Crippen LogP contribution in [0.4, 0.5) is 0 Å². The van der Waals surface area contributed by atoms with Crippen LogP contribution in [0.2, 0.25) is 0 Å². The first-order chi connectivity index (χ1) is 35.1. The highest BCUT2D eigenvalue weighted by Crippen LogP contribution is 2.35. The Bertz CT molecular complexity index is 2690.